The van der Waals surface area contributed by atoms with Crippen molar-refractivity contribution >= 4 is 11.2 Å². The van der Waals surface area contributed by atoms with Crippen LogP contribution < -0.4 is 5.56 Å². The molecule has 3 rings (SSSR count). The Bertz CT molecular complexity index is 924. The summed E-state index contributed by atoms with van der Waals surface area (Å²) < 4.78 is 44.1. The van der Waals surface area contributed by atoms with Crippen molar-refractivity contribution in [3.05, 3.63) is 34.2 Å². The molecule has 1 N–H and O–H groups in total. The van der Waals surface area contributed by atoms with Crippen molar-refractivity contribution in [2.75, 3.05) is 0 Å². The number of rotatable bonds is 4. The highest BCUT2D eigenvalue weighted by Crippen LogP contribution is 2.27. The summed E-state index contributed by atoms with van der Waals surface area (Å²) in [7, 11) is 0. The van der Waals surface area contributed by atoms with Crippen LogP contribution in [0.3, 0.4) is 0 Å². The van der Waals surface area contributed by atoms with E-state index in [1.54, 1.807) is 0 Å². The first-order valence-electron chi connectivity index (χ1n) is 7.08. The van der Waals surface area contributed by atoms with E-state index in [9.17, 15) is 18.0 Å². The molecule has 0 aliphatic rings. The number of aromatic amines is 1. The van der Waals surface area contributed by atoms with Crippen LogP contribution in [0.2, 0.25) is 0 Å². The van der Waals surface area contributed by atoms with Crippen LogP contribution in [0.4, 0.5) is 13.2 Å². The van der Waals surface area contributed by atoms with Gasteiger partial charge in [0.25, 0.3) is 5.56 Å². The van der Waals surface area contributed by atoms with Gasteiger partial charge in [-0.1, -0.05) is 19.0 Å². The molecule has 0 aromatic carbocycles. The van der Waals surface area contributed by atoms with Crippen molar-refractivity contribution < 1.29 is 17.7 Å². The monoisotopic (exact) mass is 342 g/mol. The second-order valence-electron chi connectivity index (χ2n) is 5.66. The van der Waals surface area contributed by atoms with Crippen molar-refractivity contribution in [3.8, 4) is 0 Å². The average Bonchev–Trinajstić information content (AvgIpc) is 3.08. The van der Waals surface area contributed by atoms with Gasteiger partial charge in [0.1, 0.15) is 12.9 Å². The summed E-state index contributed by atoms with van der Waals surface area (Å²) >= 11 is 0. The van der Waals surface area contributed by atoms with Gasteiger partial charge in [0, 0.05) is 6.42 Å². The molecule has 3 aromatic heterocycles. The fraction of sp³-hybridized carbons (Fsp3) is 0.462. The molecular weight excluding hydrogens is 329 g/mol. The molecule has 0 fully saturated rings. The SMILES string of the molecule is CC(C)Cc1noc(Cn2cnc3nc(C(F)(F)F)[nH]c3c2=O)n1. The van der Waals surface area contributed by atoms with Crippen LogP contribution in [-0.4, -0.2) is 29.7 Å². The number of aromatic nitrogens is 6. The fourth-order valence-corrected chi connectivity index (χ4v) is 2.12. The van der Waals surface area contributed by atoms with E-state index in [-0.39, 0.29) is 23.6 Å². The summed E-state index contributed by atoms with van der Waals surface area (Å²) in [4.78, 5) is 25.4. The number of nitrogens with zero attached hydrogens (tertiary/aromatic N) is 5. The average molecular weight is 342 g/mol. The Morgan fingerprint density at radius 1 is 1.33 bits per heavy atom. The highest BCUT2D eigenvalue weighted by Gasteiger charge is 2.35. The molecule has 0 amide bonds. The summed E-state index contributed by atoms with van der Waals surface area (Å²) in [5.74, 6) is -0.258. The van der Waals surface area contributed by atoms with Gasteiger partial charge in [-0.2, -0.15) is 18.2 Å². The zero-order valence-electron chi connectivity index (χ0n) is 12.8. The minimum atomic E-state index is -4.68. The van der Waals surface area contributed by atoms with Crippen LogP contribution in [0.1, 0.15) is 31.4 Å². The third kappa shape index (κ3) is 3.14. The van der Waals surface area contributed by atoms with Crippen LogP contribution >= 0.6 is 0 Å². The Balaban J connectivity index is 1.91. The van der Waals surface area contributed by atoms with Gasteiger partial charge >= 0.3 is 6.18 Å². The van der Waals surface area contributed by atoms with Gasteiger partial charge in [0.2, 0.25) is 11.7 Å². The third-order valence-electron chi connectivity index (χ3n) is 3.15. The van der Waals surface area contributed by atoms with Crippen LogP contribution in [0, 0.1) is 5.92 Å². The maximum Gasteiger partial charge on any atom is 0.449 e. The van der Waals surface area contributed by atoms with Crippen LogP contribution in [-0.2, 0) is 19.1 Å². The van der Waals surface area contributed by atoms with Gasteiger partial charge in [-0.3, -0.25) is 9.36 Å². The van der Waals surface area contributed by atoms with E-state index >= 15 is 0 Å². The number of fused-ring (bicyclic) bond motifs is 1. The predicted octanol–water partition coefficient (Wildman–Crippen LogP) is 1.77. The molecule has 11 heteroatoms. The van der Waals surface area contributed by atoms with Crippen molar-refractivity contribution in [2.24, 2.45) is 5.92 Å². The van der Waals surface area contributed by atoms with E-state index in [2.05, 4.69) is 20.1 Å². The maximum absolute atomic E-state index is 12.6. The van der Waals surface area contributed by atoms with Crippen molar-refractivity contribution in [1.29, 1.82) is 0 Å². The number of halogens is 3. The van der Waals surface area contributed by atoms with E-state index in [0.29, 0.717) is 18.2 Å². The number of imidazole rings is 1. The molecule has 3 aromatic rings. The normalized spacial score (nSPS) is 12.4. The second kappa shape index (κ2) is 5.73. The van der Waals surface area contributed by atoms with Gasteiger partial charge in [0.15, 0.2) is 17.0 Å². The molecule has 0 saturated heterocycles. The molecule has 0 aliphatic carbocycles. The van der Waals surface area contributed by atoms with Gasteiger partial charge in [-0.05, 0) is 5.92 Å². The number of hydrogen-bond donors (Lipinski definition) is 1. The van der Waals surface area contributed by atoms with Crippen LogP contribution in [0.5, 0.6) is 0 Å². The Morgan fingerprint density at radius 2 is 2.08 bits per heavy atom. The number of nitrogens with one attached hydrogen (secondary N) is 1. The molecule has 0 bridgehead atoms. The first-order chi connectivity index (χ1) is 11.2. The lowest BCUT2D eigenvalue weighted by atomic mass is 10.1. The summed E-state index contributed by atoms with van der Waals surface area (Å²) in [6, 6.07) is 0. The van der Waals surface area contributed by atoms with Gasteiger partial charge in [-0.15, -0.1) is 0 Å². The fourth-order valence-electron chi connectivity index (χ4n) is 2.12. The number of H-pyrrole nitrogens is 1. The molecule has 24 heavy (non-hydrogen) atoms. The minimum absolute atomic E-state index is 0.0900. The third-order valence-corrected chi connectivity index (χ3v) is 3.15. The quantitative estimate of drug-likeness (QED) is 0.775. The first kappa shape index (κ1) is 16.1. The Hall–Kier alpha value is -2.72. The van der Waals surface area contributed by atoms with Crippen LogP contribution in [0.25, 0.3) is 11.2 Å². The molecule has 0 unspecified atom stereocenters. The van der Waals surface area contributed by atoms with E-state index in [4.69, 9.17) is 4.52 Å². The molecule has 3 heterocycles. The summed E-state index contributed by atoms with van der Waals surface area (Å²) in [6.45, 7) is 3.90. The van der Waals surface area contributed by atoms with Crippen molar-refractivity contribution in [2.45, 2.75) is 33.0 Å². The van der Waals surface area contributed by atoms with E-state index in [1.165, 1.54) is 0 Å². The molecule has 128 valence electrons. The van der Waals surface area contributed by atoms with E-state index in [0.717, 1.165) is 10.9 Å². The number of hydrogen-bond acceptors (Lipinski definition) is 6. The smallest absolute Gasteiger partial charge is 0.337 e. The lowest BCUT2D eigenvalue weighted by molar-refractivity contribution is -0.144. The second-order valence-corrected chi connectivity index (χ2v) is 5.66. The highest BCUT2D eigenvalue weighted by atomic mass is 19.4. The first-order valence-corrected chi connectivity index (χ1v) is 7.08. The molecule has 0 saturated carbocycles. The molecular formula is C13H13F3N6O2. The Morgan fingerprint density at radius 3 is 2.75 bits per heavy atom. The zero-order chi connectivity index (χ0) is 17.5. The van der Waals surface area contributed by atoms with Crippen molar-refractivity contribution in [3.63, 3.8) is 0 Å². The largest absolute Gasteiger partial charge is 0.449 e. The molecule has 0 aliphatic heterocycles. The van der Waals surface area contributed by atoms with Gasteiger partial charge in [-0.25, -0.2) is 9.97 Å². The predicted molar refractivity (Wildman–Crippen MR) is 75.1 cm³/mol. The van der Waals surface area contributed by atoms with Gasteiger partial charge in [0.05, 0.1) is 0 Å². The lowest BCUT2D eigenvalue weighted by Crippen LogP contribution is -2.21. The molecule has 0 atom stereocenters. The molecule has 0 spiro atoms. The summed E-state index contributed by atoms with van der Waals surface area (Å²) in [5.41, 5.74) is -1.33. The maximum atomic E-state index is 12.6. The Kier molecular flexibility index (Phi) is 3.85. The molecule has 8 nitrogen and oxygen atoms in total. The Labute approximate surface area is 132 Å². The van der Waals surface area contributed by atoms with E-state index in [1.807, 2.05) is 18.8 Å². The van der Waals surface area contributed by atoms with Crippen LogP contribution in [0.15, 0.2) is 15.6 Å². The minimum Gasteiger partial charge on any atom is -0.337 e. The zero-order valence-corrected chi connectivity index (χ0v) is 12.8. The van der Waals surface area contributed by atoms with Gasteiger partial charge < -0.3 is 9.51 Å². The summed E-state index contributed by atoms with van der Waals surface area (Å²) in [6.07, 6.45) is -2.97. The topological polar surface area (TPSA) is 102 Å². The summed E-state index contributed by atoms with van der Waals surface area (Å²) in [5, 5.41) is 3.79. The number of alkyl halides is 3. The highest BCUT2D eigenvalue weighted by molar-refractivity contribution is 5.68. The molecule has 0 radical (unpaired) electrons. The van der Waals surface area contributed by atoms with E-state index < -0.39 is 17.6 Å². The van der Waals surface area contributed by atoms with Crippen molar-refractivity contribution in [1.82, 2.24) is 29.7 Å². The lowest BCUT2D eigenvalue weighted by Gasteiger charge is -2.00. The standard InChI is InChI=1S/C13H13F3N6O2/c1-6(2)3-7-18-8(24-21-7)4-22-5-17-10-9(11(22)23)19-12(20-10)13(14,15)16/h5-6H,3-4H2,1-2H3,(H,19,20).